The third kappa shape index (κ3) is 2.78. The molecule has 1 aliphatic carbocycles. The lowest BCUT2D eigenvalue weighted by Crippen LogP contribution is -2.25. The fourth-order valence-electron chi connectivity index (χ4n) is 3.65. The van der Waals surface area contributed by atoms with Gasteiger partial charge in [-0.25, -0.2) is 23.1 Å². The summed E-state index contributed by atoms with van der Waals surface area (Å²) in [5.41, 5.74) is 1.19. The van der Waals surface area contributed by atoms with Crippen LogP contribution in [0.2, 0.25) is 0 Å². The number of aromatic nitrogens is 4. The topological polar surface area (TPSA) is 52.2 Å². The summed E-state index contributed by atoms with van der Waals surface area (Å²) in [7, 11) is 0. The Balaban J connectivity index is 1.86. The summed E-state index contributed by atoms with van der Waals surface area (Å²) in [6.07, 6.45) is 6.30. The van der Waals surface area contributed by atoms with Gasteiger partial charge in [0.15, 0.2) is 0 Å². The molecule has 1 aromatic carbocycles. The first-order valence-corrected chi connectivity index (χ1v) is 9.28. The maximum Gasteiger partial charge on any atom is 0.354 e. The fourth-order valence-corrected chi connectivity index (χ4v) is 3.65. The summed E-state index contributed by atoms with van der Waals surface area (Å²) < 4.78 is 31.2. The van der Waals surface area contributed by atoms with Crippen molar-refractivity contribution in [1.29, 1.82) is 0 Å². The van der Waals surface area contributed by atoms with E-state index >= 15 is 0 Å². The molecule has 0 radical (unpaired) electrons. The molecule has 1 fully saturated rings. The Morgan fingerprint density at radius 2 is 2.04 bits per heavy atom. The molecule has 0 saturated heterocycles. The van der Waals surface area contributed by atoms with Gasteiger partial charge in [0.1, 0.15) is 11.5 Å². The molecule has 0 aliphatic heterocycles. The van der Waals surface area contributed by atoms with Gasteiger partial charge < -0.3 is 0 Å². The number of rotatable bonds is 4. The molecule has 3 aromatic heterocycles. The highest BCUT2D eigenvalue weighted by Gasteiger charge is 2.28. The molecule has 4 aromatic rings. The van der Waals surface area contributed by atoms with Gasteiger partial charge in [-0.1, -0.05) is 18.2 Å². The van der Waals surface area contributed by atoms with Crippen molar-refractivity contribution in [2.75, 3.05) is 0 Å². The van der Waals surface area contributed by atoms with Crippen LogP contribution >= 0.6 is 0 Å². The number of nitrogens with zero attached hydrogens (tertiary/aromatic N) is 4. The lowest BCUT2D eigenvalue weighted by Gasteiger charge is -2.17. The number of hydrogen-bond acceptors (Lipinski definition) is 3. The maximum absolute atomic E-state index is 14.0. The summed E-state index contributed by atoms with van der Waals surface area (Å²) >= 11 is 0. The quantitative estimate of drug-likeness (QED) is 0.536. The van der Waals surface area contributed by atoms with E-state index in [0.717, 1.165) is 25.2 Å². The normalized spacial score (nSPS) is 14.8. The Hall–Kier alpha value is -3.09. The Morgan fingerprint density at radius 1 is 1.21 bits per heavy atom. The minimum Gasteiger partial charge on any atom is -0.285 e. The van der Waals surface area contributed by atoms with Crippen LogP contribution in [-0.2, 0) is 12.3 Å². The molecule has 0 N–H and O–H groups in total. The Kier molecular flexibility index (Phi) is 3.62. The van der Waals surface area contributed by atoms with Crippen LogP contribution < -0.4 is 5.69 Å². The number of pyridine rings is 1. The second-order valence-corrected chi connectivity index (χ2v) is 7.48. The van der Waals surface area contributed by atoms with Gasteiger partial charge in [-0.05, 0) is 43.4 Å². The second kappa shape index (κ2) is 5.95. The van der Waals surface area contributed by atoms with Crippen LogP contribution in [0.1, 0.15) is 31.0 Å². The summed E-state index contributed by atoms with van der Waals surface area (Å²) in [5.74, 6) is -1.96. The van der Waals surface area contributed by atoms with Gasteiger partial charge in [0.2, 0.25) is 0 Å². The van der Waals surface area contributed by atoms with Gasteiger partial charge in [0, 0.05) is 30.3 Å². The van der Waals surface area contributed by atoms with Gasteiger partial charge in [-0.15, -0.1) is 0 Å². The zero-order valence-electron chi connectivity index (χ0n) is 15.3. The predicted molar refractivity (Wildman–Crippen MR) is 102 cm³/mol. The molecule has 1 saturated carbocycles. The standard InChI is InChI=1S/C21H18F2N4O/c1-21(22,23)14-7-8-15-16(11-13-5-6-13)25-20(28)27(17(15)12-14)19-4-2-3-18-24-9-10-26(18)19/h2-4,7-10,12-13H,5-6,11H2,1H3. The summed E-state index contributed by atoms with van der Waals surface area (Å²) in [6, 6.07) is 9.85. The predicted octanol–water partition coefficient (Wildman–Crippen LogP) is 4.10. The van der Waals surface area contributed by atoms with E-state index in [1.54, 1.807) is 35.0 Å². The first kappa shape index (κ1) is 17.0. The number of benzene rings is 1. The van der Waals surface area contributed by atoms with Crippen molar-refractivity contribution in [2.45, 2.75) is 32.1 Å². The van der Waals surface area contributed by atoms with Crippen molar-refractivity contribution in [1.82, 2.24) is 18.9 Å². The molecule has 5 rings (SSSR count). The number of halogens is 2. The van der Waals surface area contributed by atoms with Crippen molar-refractivity contribution in [3.05, 3.63) is 70.5 Å². The van der Waals surface area contributed by atoms with Gasteiger partial charge >= 0.3 is 5.69 Å². The Morgan fingerprint density at radius 3 is 2.79 bits per heavy atom. The number of fused-ring (bicyclic) bond motifs is 2. The van der Waals surface area contributed by atoms with Gasteiger partial charge in [-0.3, -0.25) is 4.40 Å². The monoisotopic (exact) mass is 380 g/mol. The highest BCUT2D eigenvalue weighted by molar-refractivity contribution is 5.83. The molecule has 0 unspecified atom stereocenters. The molecule has 3 heterocycles. The zero-order chi connectivity index (χ0) is 19.5. The molecule has 0 atom stereocenters. The van der Waals surface area contributed by atoms with E-state index in [-0.39, 0.29) is 5.56 Å². The Bertz CT molecular complexity index is 1270. The third-order valence-electron chi connectivity index (χ3n) is 5.29. The lowest BCUT2D eigenvalue weighted by atomic mass is 10.0. The van der Waals surface area contributed by atoms with E-state index in [4.69, 9.17) is 0 Å². The molecule has 0 amide bonds. The summed E-state index contributed by atoms with van der Waals surface area (Å²) in [6.45, 7) is 0.861. The van der Waals surface area contributed by atoms with E-state index in [9.17, 15) is 13.6 Å². The minimum absolute atomic E-state index is 0.130. The SMILES string of the molecule is CC(F)(F)c1ccc2c(CC3CC3)nc(=O)n(-c3cccc4nccn34)c2c1. The molecule has 1 aliphatic rings. The molecular weight excluding hydrogens is 362 g/mol. The highest BCUT2D eigenvalue weighted by atomic mass is 19.3. The third-order valence-corrected chi connectivity index (χ3v) is 5.29. The van der Waals surface area contributed by atoms with Crippen LogP contribution in [0.4, 0.5) is 8.78 Å². The van der Waals surface area contributed by atoms with Crippen LogP contribution in [0.25, 0.3) is 22.4 Å². The molecule has 7 heteroatoms. The van der Waals surface area contributed by atoms with Crippen molar-refractivity contribution < 1.29 is 8.78 Å². The van der Waals surface area contributed by atoms with E-state index in [0.29, 0.717) is 35.0 Å². The Labute approximate surface area is 159 Å². The number of imidazole rings is 1. The van der Waals surface area contributed by atoms with E-state index in [2.05, 4.69) is 9.97 Å². The first-order valence-electron chi connectivity index (χ1n) is 9.28. The summed E-state index contributed by atoms with van der Waals surface area (Å²) in [5, 5.41) is 0.733. The van der Waals surface area contributed by atoms with Crippen LogP contribution in [0.15, 0.2) is 53.6 Å². The molecular formula is C21H18F2N4O. The number of hydrogen-bond donors (Lipinski definition) is 0. The lowest BCUT2D eigenvalue weighted by molar-refractivity contribution is 0.0176. The van der Waals surface area contributed by atoms with Gasteiger partial charge in [-0.2, -0.15) is 4.98 Å². The fraction of sp³-hybridized carbons (Fsp3) is 0.286. The average Bonchev–Trinajstić information content (AvgIpc) is 3.33. The number of alkyl halides is 2. The van der Waals surface area contributed by atoms with Crippen molar-refractivity contribution in [2.24, 2.45) is 5.92 Å². The van der Waals surface area contributed by atoms with Crippen LogP contribution in [0, 0.1) is 5.92 Å². The largest absolute Gasteiger partial charge is 0.354 e. The first-order chi connectivity index (χ1) is 13.4. The minimum atomic E-state index is -3.00. The molecule has 5 nitrogen and oxygen atoms in total. The second-order valence-electron chi connectivity index (χ2n) is 7.48. The molecule has 0 bridgehead atoms. The van der Waals surface area contributed by atoms with Crippen LogP contribution in [-0.4, -0.2) is 18.9 Å². The van der Waals surface area contributed by atoms with Gasteiger partial charge in [0.05, 0.1) is 11.2 Å². The van der Waals surface area contributed by atoms with E-state index < -0.39 is 11.6 Å². The van der Waals surface area contributed by atoms with E-state index in [1.807, 2.05) is 6.07 Å². The smallest absolute Gasteiger partial charge is 0.285 e. The zero-order valence-corrected chi connectivity index (χ0v) is 15.3. The van der Waals surface area contributed by atoms with Crippen molar-refractivity contribution in [3.8, 4) is 5.82 Å². The van der Waals surface area contributed by atoms with Crippen molar-refractivity contribution >= 4 is 16.6 Å². The van der Waals surface area contributed by atoms with E-state index in [1.165, 1.54) is 16.7 Å². The van der Waals surface area contributed by atoms with Crippen LogP contribution in [0.5, 0.6) is 0 Å². The molecule has 142 valence electrons. The average molecular weight is 380 g/mol. The van der Waals surface area contributed by atoms with Crippen LogP contribution in [0.3, 0.4) is 0 Å². The molecule has 0 spiro atoms. The highest BCUT2D eigenvalue weighted by Crippen LogP contribution is 2.35. The molecule has 28 heavy (non-hydrogen) atoms. The van der Waals surface area contributed by atoms with Gasteiger partial charge in [0.25, 0.3) is 5.92 Å². The maximum atomic E-state index is 14.0. The summed E-state index contributed by atoms with van der Waals surface area (Å²) in [4.78, 5) is 21.6. The van der Waals surface area contributed by atoms with Crippen molar-refractivity contribution in [3.63, 3.8) is 0 Å².